The molecule has 0 heterocycles. The van der Waals surface area contributed by atoms with E-state index in [-0.39, 0.29) is 46.9 Å². The molecule has 0 aliphatic carbocycles. The van der Waals surface area contributed by atoms with Crippen molar-refractivity contribution in [2.24, 2.45) is 0 Å². The average molecular weight is 248 g/mol. The molecule has 0 bridgehead atoms. The van der Waals surface area contributed by atoms with Gasteiger partial charge in [-0.05, 0) is 24.3 Å². The first-order valence-corrected chi connectivity index (χ1v) is 5.12. The van der Waals surface area contributed by atoms with Gasteiger partial charge in [0.2, 0.25) is 0 Å². The van der Waals surface area contributed by atoms with Gasteiger partial charge in [-0.15, -0.1) is 0 Å². The molecule has 2 N–H and O–H groups in total. The van der Waals surface area contributed by atoms with Crippen LogP contribution in [0, 0.1) is 11.3 Å². The van der Waals surface area contributed by atoms with Gasteiger partial charge in [-0.25, -0.2) is 4.21 Å². The Labute approximate surface area is 117 Å². The van der Waals surface area contributed by atoms with E-state index in [1.807, 2.05) is 0 Å². The topological polar surface area (TPSA) is 90.2 Å². The molecule has 1 unspecified atom stereocenters. The number of carbonyl (C=O) groups is 1. The SMILES string of the molecule is N#CCNC(=O)c1ccc(S(=O)O)cc1.[NaH]. The molecule has 1 aromatic carbocycles. The van der Waals surface area contributed by atoms with Gasteiger partial charge in [0.1, 0.15) is 6.54 Å². The molecule has 16 heavy (non-hydrogen) atoms. The van der Waals surface area contributed by atoms with Gasteiger partial charge in [0, 0.05) is 5.56 Å². The summed E-state index contributed by atoms with van der Waals surface area (Å²) in [6, 6.07) is 7.40. The first-order chi connectivity index (χ1) is 7.15. The van der Waals surface area contributed by atoms with Crippen LogP contribution in [-0.2, 0) is 11.1 Å². The van der Waals surface area contributed by atoms with Crippen molar-refractivity contribution in [2.45, 2.75) is 4.90 Å². The van der Waals surface area contributed by atoms with E-state index >= 15 is 0 Å². The third kappa shape index (κ3) is 4.43. The van der Waals surface area contributed by atoms with E-state index in [9.17, 15) is 9.00 Å². The molecule has 0 aliphatic heterocycles. The Hall–Kier alpha value is -0.710. The predicted octanol–water partition coefficient (Wildman–Crippen LogP) is -0.128. The number of rotatable bonds is 3. The van der Waals surface area contributed by atoms with Crippen LogP contribution in [0.1, 0.15) is 10.4 Å². The number of benzene rings is 1. The van der Waals surface area contributed by atoms with Crippen molar-refractivity contribution in [1.29, 1.82) is 5.26 Å². The van der Waals surface area contributed by atoms with Crippen LogP contribution in [0.2, 0.25) is 0 Å². The fourth-order valence-corrected chi connectivity index (χ4v) is 1.31. The zero-order chi connectivity index (χ0) is 11.3. The van der Waals surface area contributed by atoms with Crippen LogP contribution in [0.15, 0.2) is 29.2 Å². The molecule has 5 nitrogen and oxygen atoms in total. The van der Waals surface area contributed by atoms with Gasteiger partial charge >= 0.3 is 29.6 Å². The molecule has 0 fully saturated rings. The van der Waals surface area contributed by atoms with Crippen molar-refractivity contribution in [3.05, 3.63) is 29.8 Å². The molecule has 1 atom stereocenters. The van der Waals surface area contributed by atoms with E-state index in [0.717, 1.165) is 0 Å². The van der Waals surface area contributed by atoms with E-state index in [2.05, 4.69) is 5.32 Å². The van der Waals surface area contributed by atoms with Crippen LogP contribution in [0.3, 0.4) is 0 Å². The summed E-state index contributed by atoms with van der Waals surface area (Å²) in [5.41, 5.74) is 0.347. The Morgan fingerprint density at radius 3 is 2.44 bits per heavy atom. The summed E-state index contributed by atoms with van der Waals surface area (Å²) in [5, 5.41) is 10.6. The minimum absolute atomic E-state index is 0. The summed E-state index contributed by atoms with van der Waals surface area (Å²) in [6.07, 6.45) is 0. The quantitative estimate of drug-likeness (QED) is 0.443. The van der Waals surface area contributed by atoms with Crippen molar-refractivity contribution in [2.75, 3.05) is 6.54 Å². The van der Waals surface area contributed by atoms with E-state index < -0.39 is 11.1 Å². The summed E-state index contributed by atoms with van der Waals surface area (Å²) < 4.78 is 19.3. The van der Waals surface area contributed by atoms with Gasteiger partial charge in [0.25, 0.3) is 5.91 Å². The Morgan fingerprint density at radius 2 is 2.00 bits per heavy atom. The molecule has 1 rings (SSSR count). The van der Waals surface area contributed by atoms with Crippen molar-refractivity contribution in [3.8, 4) is 6.07 Å². The Balaban J connectivity index is 0.00000225. The molecule has 1 aromatic rings. The van der Waals surface area contributed by atoms with Crippen LogP contribution >= 0.6 is 0 Å². The number of amides is 1. The second-order valence-corrected chi connectivity index (χ2v) is 3.58. The van der Waals surface area contributed by atoms with Crippen LogP contribution in [-0.4, -0.2) is 50.8 Å². The molecule has 0 radical (unpaired) electrons. The third-order valence-electron chi connectivity index (χ3n) is 1.65. The number of nitrogens with one attached hydrogen (secondary N) is 1. The second kappa shape index (κ2) is 7.54. The molecule has 0 aliphatic rings. The first kappa shape index (κ1) is 15.3. The fourth-order valence-electron chi connectivity index (χ4n) is 0.945. The first-order valence-electron chi connectivity index (χ1n) is 4.01. The van der Waals surface area contributed by atoms with E-state index in [0.29, 0.717) is 5.56 Å². The normalized spacial score (nSPS) is 10.8. The third-order valence-corrected chi connectivity index (χ3v) is 2.32. The van der Waals surface area contributed by atoms with Gasteiger partial charge in [-0.3, -0.25) is 4.79 Å². The van der Waals surface area contributed by atoms with Crippen LogP contribution < -0.4 is 5.32 Å². The van der Waals surface area contributed by atoms with Crippen LogP contribution in [0.4, 0.5) is 0 Å². The maximum absolute atomic E-state index is 11.3. The number of nitriles is 1. The van der Waals surface area contributed by atoms with Crippen LogP contribution in [0.5, 0.6) is 0 Å². The fraction of sp³-hybridized carbons (Fsp3) is 0.111. The summed E-state index contributed by atoms with van der Waals surface area (Å²) in [7, 11) is 0. The Kier molecular flexibility index (Phi) is 7.21. The number of carbonyl (C=O) groups excluding carboxylic acids is 1. The van der Waals surface area contributed by atoms with Crippen molar-refractivity contribution < 1.29 is 13.6 Å². The van der Waals surface area contributed by atoms with Gasteiger partial charge in [-0.2, -0.15) is 5.26 Å². The molecule has 0 saturated carbocycles. The van der Waals surface area contributed by atoms with Gasteiger partial charge < -0.3 is 9.87 Å². The summed E-state index contributed by atoms with van der Waals surface area (Å²) in [5.74, 6) is -0.383. The Morgan fingerprint density at radius 1 is 1.44 bits per heavy atom. The summed E-state index contributed by atoms with van der Waals surface area (Å²) >= 11 is -2.04. The number of nitrogens with zero attached hydrogens (tertiary/aromatic N) is 1. The average Bonchev–Trinajstić information content (AvgIpc) is 2.26. The van der Waals surface area contributed by atoms with Gasteiger partial charge in [0.05, 0.1) is 11.0 Å². The van der Waals surface area contributed by atoms with Crippen molar-refractivity contribution in [3.63, 3.8) is 0 Å². The zero-order valence-corrected chi connectivity index (χ0v) is 8.45. The standard InChI is InChI=1S/C9H8N2O3S.Na.H/c10-5-6-11-9(12)7-1-3-8(4-2-7)15(13)14;;/h1-4H,6H2,(H,11,12)(H,13,14);;. The zero-order valence-electron chi connectivity index (χ0n) is 7.64. The molecular formula is C9H9N2NaO3S. The van der Waals surface area contributed by atoms with Crippen molar-refractivity contribution >= 4 is 46.5 Å². The van der Waals surface area contributed by atoms with E-state index in [4.69, 9.17) is 9.81 Å². The van der Waals surface area contributed by atoms with E-state index in [1.165, 1.54) is 24.3 Å². The monoisotopic (exact) mass is 248 g/mol. The molecule has 1 amide bonds. The number of hydrogen-bond donors (Lipinski definition) is 2. The molecule has 80 valence electrons. The summed E-state index contributed by atoms with van der Waals surface area (Å²) in [4.78, 5) is 11.5. The van der Waals surface area contributed by atoms with Crippen molar-refractivity contribution in [1.82, 2.24) is 5.32 Å². The molecule has 0 saturated heterocycles. The second-order valence-electron chi connectivity index (χ2n) is 2.61. The Bertz CT molecular complexity index is 427. The molecular weight excluding hydrogens is 239 g/mol. The summed E-state index contributed by atoms with van der Waals surface area (Å²) in [6.45, 7) is -0.0630. The molecule has 0 aromatic heterocycles. The van der Waals surface area contributed by atoms with Gasteiger partial charge in [0.15, 0.2) is 11.1 Å². The maximum atomic E-state index is 11.3. The number of hydrogen-bond acceptors (Lipinski definition) is 3. The predicted molar refractivity (Wildman–Crippen MR) is 60.6 cm³/mol. The van der Waals surface area contributed by atoms with Gasteiger partial charge in [-0.1, -0.05) is 0 Å². The molecule has 7 heteroatoms. The minimum atomic E-state index is -2.04. The van der Waals surface area contributed by atoms with Crippen LogP contribution in [0.25, 0.3) is 0 Å². The van der Waals surface area contributed by atoms with E-state index in [1.54, 1.807) is 6.07 Å². The molecule has 0 spiro atoms.